The summed E-state index contributed by atoms with van der Waals surface area (Å²) in [6.07, 6.45) is -2.89. The van der Waals surface area contributed by atoms with Crippen LogP contribution in [0.25, 0.3) is 0 Å². The lowest BCUT2D eigenvalue weighted by Crippen LogP contribution is -2.46. The van der Waals surface area contributed by atoms with Gasteiger partial charge in [-0.2, -0.15) is 18.2 Å². The van der Waals surface area contributed by atoms with Crippen molar-refractivity contribution in [3.63, 3.8) is 0 Å². The molecule has 3 aromatic carbocycles. The van der Waals surface area contributed by atoms with Crippen LogP contribution in [0.1, 0.15) is 27.0 Å². The Hall–Kier alpha value is -5.17. The van der Waals surface area contributed by atoms with E-state index in [2.05, 4.69) is 49.6 Å². The second-order valence-electron chi connectivity index (χ2n) is 11.5. The number of aryl methyl sites for hydroxylation is 1. The monoisotopic (exact) mass is 630 g/mol. The molecule has 238 valence electrons. The zero-order valence-electron chi connectivity index (χ0n) is 25.6. The van der Waals surface area contributed by atoms with Crippen molar-refractivity contribution in [3.8, 4) is 0 Å². The van der Waals surface area contributed by atoms with Gasteiger partial charge in [0.1, 0.15) is 5.82 Å². The van der Waals surface area contributed by atoms with E-state index in [0.29, 0.717) is 23.1 Å². The maximum atomic E-state index is 13.6. The number of urea groups is 1. The molecule has 0 saturated carbocycles. The zero-order chi connectivity index (χ0) is 32.6. The van der Waals surface area contributed by atoms with Gasteiger partial charge in [-0.05, 0) is 74.1 Å². The van der Waals surface area contributed by atoms with Crippen molar-refractivity contribution in [3.05, 3.63) is 95.2 Å². The second kappa shape index (κ2) is 12.3. The largest absolute Gasteiger partial charge is 0.416 e. The molecule has 1 fully saturated rings. The quantitative estimate of drug-likeness (QED) is 0.265. The summed E-state index contributed by atoms with van der Waals surface area (Å²) in [6.45, 7) is 6.02. The van der Waals surface area contributed by atoms with Gasteiger partial charge in [0, 0.05) is 67.6 Å². The summed E-state index contributed by atoms with van der Waals surface area (Å²) in [5.74, 6) is 0.130. The smallest absolute Gasteiger partial charge is 0.369 e. The normalized spacial score (nSPS) is 15.5. The summed E-state index contributed by atoms with van der Waals surface area (Å²) >= 11 is 0. The molecule has 0 unspecified atom stereocenters. The van der Waals surface area contributed by atoms with E-state index in [0.717, 1.165) is 60.8 Å². The lowest BCUT2D eigenvalue weighted by molar-refractivity contribution is -0.137. The molecule has 2 aliphatic heterocycles. The number of carbonyl (C=O) groups excluding carboxylic acids is 2. The third kappa shape index (κ3) is 6.45. The number of likely N-dealkylation sites (N-methyl/N-ethyl adjacent to an activating group) is 1. The Morgan fingerprint density at radius 2 is 1.63 bits per heavy atom. The number of nitrogens with one attached hydrogen (secondary N) is 2. The fourth-order valence-corrected chi connectivity index (χ4v) is 5.53. The molecule has 3 heterocycles. The van der Waals surface area contributed by atoms with Crippen LogP contribution in [-0.2, 0) is 12.7 Å². The number of anilines is 6. The third-order valence-corrected chi connectivity index (χ3v) is 8.21. The van der Waals surface area contributed by atoms with Gasteiger partial charge in [-0.3, -0.25) is 14.6 Å². The van der Waals surface area contributed by atoms with Crippen molar-refractivity contribution >= 4 is 46.5 Å². The van der Waals surface area contributed by atoms with E-state index in [-0.39, 0.29) is 18.1 Å². The lowest BCUT2D eigenvalue weighted by atomic mass is 10.1. The molecule has 1 saturated heterocycles. The van der Waals surface area contributed by atoms with E-state index < -0.39 is 17.6 Å². The van der Waals surface area contributed by atoms with Crippen LogP contribution in [-0.4, -0.2) is 67.1 Å². The first-order chi connectivity index (χ1) is 22.0. The first-order valence-electron chi connectivity index (χ1n) is 14.8. The number of aromatic nitrogens is 2. The predicted octanol–water partition coefficient (Wildman–Crippen LogP) is 6.13. The molecule has 6 rings (SSSR count). The molecular formula is C33H33F3N8O2. The number of piperazine rings is 1. The number of benzene rings is 3. The van der Waals surface area contributed by atoms with Crippen LogP contribution in [0.2, 0.25) is 0 Å². The Labute approximate surface area is 264 Å². The molecular weight excluding hydrogens is 597 g/mol. The maximum absolute atomic E-state index is 13.6. The fourth-order valence-electron chi connectivity index (χ4n) is 5.53. The van der Waals surface area contributed by atoms with Gasteiger partial charge in [-0.1, -0.05) is 12.1 Å². The topological polar surface area (TPSA) is 96.9 Å². The van der Waals surface area contributed by atoms with Gasteiger partial charge in [0.05, 0.1) is 17.8 Å². The van der Waals surface area contributed by atoms with E-state index in [1.54, 1.807) is 36.3 Å². The standard InChI is InChI=1S/C33H33F3N8O2/c1-21-7-8-26(38-30(45)22-5-4-6-24(17-22)33(34,35)36)18-28(21)44-20-23-19-37-31(40-29(23)42(3)32(44)46)39-25-9-11-27(12-10-25)43-15-13-41(2)14-16-43/h4-12,17-19H,13-16,20H2,1-3H3,(H,38,45)(H,37,39,40). The maximum Gasteiger partial charge on any atom is 0.416 e. The van der Waals surface area contributed by atoms with Gasteiger partial charge in [0.15, 0.2) is 0 Å². The minimum atomic E-state index is -4.57. The average Bonchev–Trinajstić information content (AvgIpc) is 3.04. The van der Waals surface area contributed by atoms with Gasteiger partial charge in [-0.15, -0.1) is 0 Å². The minimum absolute atomic E-state index is 0.132. The van der Waals surface area contributed by atoms with Crippen molar-refractivity contribution in [1.29, 1.82) is 0 Å². The highest BCUT2D eigenvalue weighted by Crippen LogP contribution is 2.34. The van der Waals surface area contributed by atoms with E-state index in [4.69, 9.17) is 0 Å². The Morgan fingerprint density at radius 1 is 0.913 bits per heavy atom. The lowest BCUT2D eigenvalue weighted by Gasteiger charge is -2.35. The summed E-state index contributed by atoms with van der Waals surface area (Å²) < 4.78 is 39.4. The molecule has 0 aliphatic carbocycles. The first-order valence-corrected chi connectivity index (χ1v) is 14.8. The van der Waals surface area contributed by atoms with Crippen molar-refractivity contribution in [1.82, 2.24) is 14.9 Å². The molecule has 0 radical (unpaired) electrons. The molecule has 46 heavy (non-hydrogen) atoms. The van der Waals surface area contributed by atoms with E-state index in [9.17, 15) is 22.8 Å². The van der Waals surface area contributed by atoms with E-state index in [1.807, 2.05) is 19.1 Å². The van der Waals surface area contributed by atoms with Crippen LogP contribution >= 0.6 is 0 Å². The highest BCUT2D eigenvalue weighted by molar-refractivity contribution is 6.07. The minimum Gasteiger partial charge on any atom is -0.369 e. The fraction of sp³-hybridized carbons (Fsp3) is 0.273. The van der Waals surface area contributed by atoms with Gasteiger partial charge >= 0.3 is 12.2 Å². The number of fused-ring (bicyclic) bond motifs is 1. The molecule has 1 aromatic heterocycles. The summed E-state index contributed by atoms with van der Waals surface area (Å²) in [6, 6.07) is 17.0. The number of alkyl halides is 3. The number of hydrogen-bond acceptors (Lipinski definition) is 7. The molecule has 2 N–H and O–H groups in total. The van der Waals surface area contributed by atoms with E-state index in [1.165, 1.54) is 17.0 Å². The molecule has 13 heteroatoms. The second-order valence-corrected chi connectivity index (χ2v) is 11.5. The van der Waals surface area contributed by atoms with Crippen LogP contribution in [0, 0.1) is 6.92 Å². The Kier molecular flexibility index (Phi) is 8.26. The third-order valence-electron chi connectivity index (χ3n) is 8.21. The number of carbonyl (C=O) groups is 2. The van der Waals surface area contributed by atoms with Crippen molar-refractivity contribution in [2.75, 3.05) is 65.6 Å². The van der Waals surface area contributed by atoms with Crippen LogP contribution in [0.15, 0.2) is 72.9 Å². The summed E-state index contributed by atoms with van der Waals surface area (Å²) in [5, 5.41) is 5.87. The first kappa shape index (κ1) is 30.8. The predicted molar refractivity (Wildman–Crippen MR) is 172 cm³/mol. The summed E-state index contributed by atoms with van der Waals surface area (Å²) in [4.78, 5) is 43.2. The van der Waals surface area contributed by atoms with Crippen molar-refractivity contribution in [2.45, 2.75) is 19.6 Å². The molecule has 4 aromatic rings. The Balaban J connectivity index is 1.17. The number of rotatable bonds is 6. The Bertz CT molecular complexity index is 1770. The number of halogens is 3. The highest BCUT2D eigenvalue weighted by Gasteiger charge is 2.33. The van der Waals surface area contributed by atoms with Gasteiger partial charge in [0.25, 0.3) is 5.91 Å². The van der Waals surface area contributed by atoms with Crippen molar-refractivity contribution in [2.24, 2.45) is 0 Å². The average molecular weight is 631 g/mol. The number of amides is 3. The molecule has 0 spiro atoms. The summed E-state index contributed by atoms with van der Waals surface area (Å²) in [7, 11) is 3.76. The van der Waals surface area contributed by atoms with Crippen LogP contribution in [0.3, 0.4) is 0 Å². The zero-order valence-corrected chi connectivity index (χ0v) is 25.6. The SMILES string of the molecule is Cc1ccc(NC(=O)c2cccc(C(F)(F)F)c2)cc1N1Cc2cnc(Nc3ccc(N4CCN(C)CC4)cc3)nc2N(C)C1=O. The molecule has 10 nitrogen and oxygen atoms in total. The molecule has 2 aliphatic rings. The Morgan fingerprint density at radius 3 is 2.35 bits per heavy atom. The van der Waals surface area contributed by atoms with Crippen molar-refractivity contribution < 1.29 is 22.8 Å². The summed E-state index contributed by atoms with van der Waals surface area (Å²) in [5.41, 5.74) is 3.29. The molecule has 3 amide bonds. The van der Waals surface area contributed by atoms with Gasteiger partial charge in [0.2, 0.25) is 5.95 Å². The van der Waals surface area contributed by atoms with Crippen LogP contribution in [0.5, 0.6) is 0 Å². The molecule has 0 bridgehead atoms. The number of hydrogen-bond donors (Lipinski definition) is 2. The van der Waals surface area contributed by atoms with E-state index >= 15 is 0 Å². The molecule has 0 atom stereocenters. The number of nitrogens with zero attached hydrogens (tertiary/aromatic N) is 6. The van der Waals surface area contributed by atoms with Gasteiger partial charge < -0.3 is 20.4 Å². The highest BCUT2D eigenvalue weighted by atomic mass is 19.4. The van der Waals surface area contributed by atoms with Gasteiger partial charge in [-0.25, -0.2) is 9.78 Å². The van der Waals surface area contributed by atoms with Crippen LogP contribution < -0.4 is 25.3 Å². The van der Waals surface area contributed by atoms with Crippen LogP contribution in [0.4, 0.5) is 52.5 Å².